The molecule has 86 valence electrons. The first-order valence-corrected chi connectivity index (χ1v) is 6.22. The minimum Gasteiger partial charge on any atom is -0.393 e. The topological polar surface area (TPSA) is 32.3 Å². The van der Waals surface area contributed by atoms with Gasteiger partial charge in [-0.05, 0) is 51.0 Å². The number of hydrogen-bond acceptors (Lipinski definition) is 2. The van der Waals surface area contributed by atoms with Crippen LogP contribution in [0.25, 0.3) is 0 Å². The molecule has 0 amide bonds. The Kier molecular flexibility index (Phi) is 3.47. The zero-order valence-electron chi connectivity index (χ0n) is 9.87. The molecule has 0 aromatic carbocycles. The van der Waals surface area contributed by atoms with Crippen molar-refractivity contribution < 1.29 is 5.11 Å². The van der Waals surface area contributed by atoms with Crippen LogP contribution < -0.4 is 5.32 Å². The molecule has 0 aromatic heterocycles. The van der Waals surface area contributed by atoms with E-state index in [-0.39, 0.29) is 6.10 Å². The molecule has 0 spiro atoms. The summed E-state index contributed by atoms with van der Waals surface area (Å²) in [4.78, 5) is 0. The minimum absolute atomic E-state index is 0.0330. The van der Waals surface area contributed by atoms with Gasteiger partial charge in [0.25, 0.3) is 0 Å². The summed E-state index contributed by atoms with van der Waals surface area (Å²) in [7, 11) is 0. The second-order valence-electron chi connectivity index (χ2n) is 5.53. The molecule has 2 atom stereocenters. The molecule has 2 rings (SSSR count). The first-order chi connectivity index (χ1) is 7.13. The highest BCUT2D eigenvalue weighted by atomic mass is 16.3. The zero-order valence-corrected chi connectivity index (χ0v) is 9.87. The van der Waals surface area contributed by atoms with Gasteiger partial charge in [0.2, 0.25) is 0 Å². The molecule has 0 bridgehead atoms. The van der Waals surface area contributed by atoms with E-state index in [0.29, 0.717) is 6.04 Å². The summed E-state index contributed by atoms with van der Waals surface area (Å²) in [5.74, 6) is 1.56. The molecule has 2 heteroatoms. The third-order valence-corrected chi connectivity index (χ3v) is 3.69. The lowest BCUT2D eigenvalue weighted by Crippen LogP contribution is -2.46. The van der Waals surface area contributed by atoms with Crippen LogP contribution in [-0.2, 0) is 0 Å². The van der Waals surface area contributed by atoms with Gasteiger partial charge in [-0.3, -0.25) is 0 Å². The maximum Gasteiger partial charge on any atom is 0.0570 e. The molecule has 2 aliphatic carbocycles. The average molecular weight is 209 g/mol. The van der Waals surface area contributed by atoms with E-state index < -0.39 is 0 Å². The van der Waals surface area contributed by atoms with Crippen LogP contribution in [0.3, 0.4) is 0 Å². The molecular weight excluding hydrogens is 186 g/mol. The van der Waals surface area contributed by atoms with Crippen LogP contribution in [0.1, 0.15) is 39.5 Å². The lowest BCUT2D eigenvalue weighted by molar-refractivity contribution is 0.0604. The van der Waals surface area contributed by atoms with Gasteiger partial charge in [0, 0.05) is 6.04 Å². The van der Waals surface area contributed by atoms with Gasteiger partial charge in [0.15, 0.2) is 0 Å². The maximum absolute atomic E-state index is 9.19. The third-order valence-electron chi connectivity index (χ3n) is 3.69. The molecule has 1 fully saturated rings. The molecule has 2 nitrogen and oxygen atoms in total. The highest BCUT2D eigenvalue weighted by Gasteiger charge is 2.27. The number of hydrogen-bond donors (Lipinski definition) is 2. The molecular formula is C13H23NO. The van der Waals surface area contributed by atoms with Crippen molar-refractivity contribution in [2.75, 3.05) is 6.54 Å². The summed E-state index contributed by atoms with van der Waals surface area (Å²) in [6.45, 7) is 5.69. The van der Waals surface area contributed by atoms with Gasteiger partial charge >= 0.3 is 0 Å². The molecule has 0 saturated heterocycles. The van der Waals surface area contributed by atoms with E-state index in [4.69, 9.17) is 0 Å². The average Bonchev–Trinajstić information content (AvgIpc) is 2.09. The number of rotatable bonds is 3. The van der Waals surface area contributed by atoms with Crippen molar-refractivity contribution in [3.8, 4) is 0 Å². The highest BCUT2D eigenvalue weighted by Crippen LogP contribution is 2.28. The molecule has 15 heavy (non-hydrogen) atoms. The Labute approximate surface area is 92.8 Å². The van der Waals surface area contributed by atoms with E-state index >= 15 is 0 Å². The number of aliphatic hydroxyl groups is 1. The lowest BCUT2D eigenvalue weighted by Gasteiger charge is -2.34. The Hall–Kier alpha value is -0.340. The maximum atomic E-state index is 9.19. The van der Waals surface area contributed by atoms with Gasteiger partial charge in [-0.2, -0.15) is 0 Å². The minimum atomic E-state index is -0.0330. The Morgan fingerprint density at radius 3 is 2.73 bits per heavy atom. The standard InChI is InChI=1S/C13H23NO/c1-9-3-10(2)5-11(4-9)8-14-12-6-13(15)7-12/h3,9,11-15H,4-8H2,1-2H3. The molecule has 1 saturated carbocycles. The van der Waals surface area contributed by atoms with Crippen molar-refractivity contribution in [2.45, 2.75) is 51.7 Å². The van der Waals surface area contributed by atoms with Crippen LogP contribution >= 0.6 is 0 Å². The fraction of sp³-hybridized carbons (Fsp3) is 0.846. The summed E-state index contributed by atoms with van der Waals surface area (Å²) in [5.41, 5.74) is 1.55. The predicted molar refractivity (Wildman–Crippen MR) is 62.7 cm³/mol. The quantitative estimate of drug-likeness (QED) is 0.698. The summed E-state index contributed by atoms with van der Waals surface area (Å²) >= 11 is 0. The van der Waals surface area contributed by atoms with Crippen molar-refractivity contribution >= 4 is 0 Å². The van der Waals surface area contributed by atoms with E-state index in [1.807, 2.05) is 0 Å². The normalized spacial score (nSPS) is 40.9. The lowest BCUT2D eigenvalue weighted by atomic mass is 9.82. The van der Waals surface area contributed by atoms with Gasteiger partial charge in [-0.15, -0.1) is 0 Å². The fourth-order valence-corrected chi connectivity index (χ4v) is 2.93. The van der Waals surface area contributed by atoms with Crippen LogP contribution in [0.15, 0.2) is 11.6 Å². The third kappa shape index (κ3) is 3.05. The van der Waals surface area contributed by atoms with E-state index in [1.165, 1.54) is 12.8 Å². The van der Waals surface area contributed by atoms with Gasteiger partial charge in [0.1, 0.15) is 0 Å². The molecule has 0 aromatic rings. The van der Waals surface area contributed by atoms with Gasteiger partial charge in [-0.25, -0.2) is 0 Å². The molecule has 0 radical (unpaired) electrons. The van der Waals surface area contributed by atoms with Gasteiger partial charge in [0.05, 0.1) is 6.10 Å². The second kappa shape index (κ2) is 4.67. The first kappa shape index (κ1) is 11.2. The molecule has 2 unspecified atom stereocenters. The summed E-state index contributed by atoms with van der Waals surface area (Å²) in [6.07, 6.45) is 6.86. The first-order valence-electron chi connectivity index (χ1n) is 6.22. The van der Waals surface area contributed by atoms with Crippen molar-refractivity contribution in [3.63, 3.8) is 0 Å². The van der Waals surface area contributed by atoms with Crippen molar-refractivity contribution in [1.82, 2.24) is 5.32 Å². The SMILES string of the molecule is CC1=CC(C)CC(CNC2CC(O)C2)C1. The smallest absolute Gasteiger partial charge is 0.0570 e. The van der Waals surface area contributed by atoms with Crippen molar-refractivity contribution in [2.24, 2.45) is 11.8 Å². The fourth-order valence-electron chi connectivity index (χ4n) is 2.93. The van der Waals surface area contributed by atoms with Crippen molar-refractivity contribution in [1.29, 1.82) is 0 Å². The largest absolute Gasteiger partial charge is 0.393 e. The Morgan fingerprint density at radius 1 is 1.40 bits per heavy atom. The number of allylic oxidation sites excluding steroid dienone is 2. The van der Waals surface area contributed by atoms with Gasteiger partial charge < -0.3 is 10.4 Å². The summed E-state index contributed by atoms with van der Waals surface area (Å²) in [6, 6.07) is 0.585. The molecule has 2 aliphatic rings. The number of nitrogens with one attached hydrogen (secondary N) is 1. The van der Waals surface area contributed by atoms with E-state index in [1.54, 1.807) is 5.57 Å². The summed E-state index contributed by atoms with van der Waals surface area (Å²) in [5, 5.41) is 12.8. The Morgan fingerprint density at radius 2 is 2.13 bits per heavy atom. The second-order valence-corrected chi connectivity index (χ2v) is 5.53. The number of aliphatic hydroxyl groups excluding tert-OH is 1. The van der Waals surface area contributed by atoms with Crippen LogP contribution in [-0.4, -0.2) is 23.8 Å². The van der Waals surface area contributed by atoms with Crippen molar-refractivity contribution in [3.05, 3.63) is 11.6 Å². The van der Waals surface area contributed by atoms with E-state index in [0.717, 1.165) is 31.2 Å². The van der Waals surface area contributed by atoms with E-state index in [9.17, 15) is 5.11 Å². The predicted octanol–water partition coefficient (Wildman–Crippen LogP) is 2.09. The Balaban J connectivity index is 1.69. The van der Waals surface area contributed by atoms with Crippen LogP contribution in [0.5, 0.6) is 0 Å². The molecule has 2 N–H and O–H groups in total. The van der Waals surface area contributed by atoms with Crippen LogP contribution in [0, 0.1) is 11.8 Å². The van der Waals surface area contributed by atoms with Crippen LogP contribution in [0.4, 0.5) is 0 Å². The van der Waals surface area contributed by atoms with Gasteiger partial charge in [-0.1, -0.05) is 18.6 Å². The van der Waals surface area contributed by atoms with E-state index in [2.05, 4.69) is 25.2 Å². The Bertz CT molecular complexity index is 243. The monoisotopic (exact) mass is 209 g/mol. The zero-order chi connectivity index (χ0) is 10.8. The van der Waals surface area contributed by atoms with Crippen LogP contribution in [0.2, 0.25) is 0 Å². The molecule has 0 heterocycles. The summed E-state index contributed by atoms with van der Waals surface area (Å²) < 4.78 is 0. The highest BCUT2D eigenvalue weighted by molar-refractivity contribution is 5.06. The molecule has 0 aliphatic heterocycles.